The fourth-order valence-corrected chi connectivity index (χ4v) is 2.37. The van der Waals surface area contributed by atoms with E-state index in [0.717, 1.165) is 12.2 Å². The van der Waals surface area contributed by atoms with E-state index in [2.05, 4.69) is 19.2 Å². The van der Waals surface area contributed by atoms with Crippen LogP contribution in [0.5, 0.6) is 0 Å². The molecule has 0 radical (unpaired) electrons. The van der Waals surface area contributed by atoms with Crippen molar-refractivity contribution >= 4 is 23.0 Å². The van der Waals surface area contributed by atoms with Crippen molar-refractivity contribution in [2.75, 3.05) is 18.9 Å². The number of carbonyl (C=O) groups excluding carboxylic acids is 2. The van der Waals surface area contributed by atoms with Gasteiger partial charge in [-0.05, 0) is 19.3 Å². The summed E-state index contributed by atoms with van der Waals surface area (Å²) in [6.45, 7) is 10.3. The quantitative estimate of drug-likeness (QED) is 0.776. The van der Waals surface area contributed by atoms with Crippen molar-refractivity contribution in [3.8, 4) is 0 Å². The SMILES string of the molecule is CCOC(=O)NCC(C)(C)C(=O)SCCC(C)C. The van der Waals surface area contributed by atoms with Crippen LogP contribution < -0.4 is 5.32 Å². The van der Waals surface area contributed by atoms with Crippen molar-refractivity contribution in [2.45, 2.75) is 41.0 Å². The second kappa shape index (κ2) is 8.40. The molecule has 0 heterocycles. The molecule has 5 heteroatoms. The molecule has 0 aromatic heterocycles. The van der Waals surface area contributed by atoms with Crippen LogP contribution in [0.25, 0.3) is 0 Å². The van der Waals surface area contributed by atoms with E-state index >= 15 is 0 Å². The number of thioether (sulfide) groups is 1. The lowest BCUT2D eigenvalue weighted by atomic mass is 9.96. The van der Waals surface area contributed by atoms with E-state index in [1.807, 2.05) is 13.8 Å². The molecule has 0 aliphatic carbocycles. The van der Waals surface area contributed by atoms with Crippen molar-refractivity contribution in [3.63, 3.8) is 0 Å². The summed E-state index contributed by atoms with van der Waals surface area (Å²) in [5.41, 5.74) is -0.561. The number of carbonyl (C=O) groups is 2. The molecule has 0 bridgehead atoms. The van der Waals surface area contributed by atoms with Gasteiger partial charge in [-0.25, -0.2) is 4.79 Å². The highest BCUT2D eigenvalue weighted by atomic mass is 32.2. The Morgan fingerprint density at radius 3 is 2.44 bits per heavy atom. The summed E-state index contributed by atoms with van der Waals surface area (Å²) in [5.74, 6) is 1.44. The molecule has 0 atom stereocenters. The summed E-state index contributed by atoms with van der Waals surface area (Å²) in [6, 6.07) is 0. The highest BCUT2D eigenvalue weighted by Crippen LogP contribution is 2.24. The van der Waals surface area contributed by atoms with Gasteiger partial charge >= 0.3 is 6.09 Å². The van der Waals surface area contributed by atoms with Crippen molar-refractivity contribution in [1.82, 2.24) is 5.32 Å². The van der Waals surface area contributed by atoms with Crippen LogP contribution in [-0.2, 0) is 9.53 Å². The Balaban J connectivity index is 4.02. The largest absolute Gasteiger partial charge is 0.450 e. The first-order valence-corrected chi connectivity index (χ1v) is 7.36. The first-order chi connectivity index (χ1) is 8.29. The molecule has 0 fully saturated rings. The standard InChI is InChI=1S/C13H25NO3S/c1-6-17-12(16)14-9-13(4,5)11(15)18-8-7-10(2)3/h10H,6-9H2,1-5H3,(H,14,16). The summed E-state index contributed by atoms with van der Waals surface area (Å²) in [7, 11) is 0. The van der Waals surface area contributed by atoms with Crippen molar-refractivity contribution in [1.29, 1.82) is 0 Å². The molecule has 1 N–H and O–H groups in total. The van der Waals surface area contributed by atoms with Crippen LogP contribution in [0.2, 0.25) is 0 Å². The van der Waals surface area contributed by atoms with Gasteiger partial charge in [0.1, 0.15) is 0 Å². The van der Waals surface area contributed by atoms with E-state index in [1.54, 1.807) is 6.92 Å². The molecule has 1 amide bonds. The second-order valence-corrected chi connectivity index (χ2v) is 6.34. The van der Waals surface area contributed by atoms with Crippen molar-refractivity contribution < 1.29 is 14.3 Å². The molecule has 18 heavy (non-hydrogen) atoms. The van der Waals surface area contributed by atoms with Crippen LogP contribution in [-0.4, -0.2) is 30.1 Å². The number of alkyl carbamates (subject to hydrolysis) is 1. The van der Waals surface area contributed by atoms with Crippen LogP contribution in [0.3, 0.4) is 0 Å². The van der Waals surface area contributed by atoms with Gasteiger partial charge in [0.15, 0.2) is 5.12 Å². The fraction of sp³-hybridized carbons (Fsp3) is 0.846. The van der Waals surface area contributed by atoms with Crippen molar-refractivity contribution in [2.24, 2.45) is 11.3 Å². The number of rotatable bonds is 7. The molecule has 0 rings (SSSR count). The number of hydrogen-bond acceptors (Lipinski definition) is 4. The summed E-state index contributed by atoms with van der Waals surface area (Å²) in [6.07, 6.45) is 0.559. The number of amides is 1. The fourth-order valence-electron chi connectivity index (χ4n) is 1.13. The minimum absolute atomic E-state index is 0.111. The van der Waals surface area contributed by atoms with Gasteiger partial charge in [-0.1, -0.05) is 39.5 Å². The predicted octanol–water partition coefficient (Wildman–Crippen LogP) is 3.06. The molecule has 0 saturated heterocycles. The molecule has 0 aromatic rings. The molecule has 0 aromatic carbocycles. The second-order valence-electron chi connectivity index (χ2n) is 5.28. The third-order valence-corrected chi connectivity index (χ3v) is 3.69. The van der Waals surface area contributed by atoms with E-state index in [9.17, 15) is 9.59 Å². The van der Waals surface area contributed by atoms with Crippen LogP contribution in [0.1, 0.15) is 41.0 Å². The summed E-state index contributed by atoms with van der Waals surface area (Å²) in [4.78, 5) is 23.2. The van der Waals surface area contributed by atoms with Gasteiger partial charge in [-0.3, -0.25) is 4.79 Å². The Morgan fingerprint density at radius 2 is 1.94 bits per heavy atom. The van der Waals surface area contributed by atoms with Gasteiger partial charge < -0.3 is 10.1 Å². The van der Waals surface area contributed by atoms with Gasteiger partial charge in [0.25, 0.3) is 0 Å². The van der Waals surface area contributed by atoms with E-state index in [-0.39, 0.29) is 5.12 Å². The van der Waals surface area contributed by atoms with Gasteiger partial charge in [-0.2, -0.15) is 0 Å². The Morgan fingerprint density at radius 1 is 1.33 bits per heavy atom. The lowest BCUT2D eigenvalue weighted by molar-refractivity contribution is -0.117. The molecule has 4 nitrogen and oxygen atoms in total. The monoisotopic (exact) mass is 275 g/mol. The smallest absolute Gasteiger partial charge is 0.407 e. The number of hydrogen-bond donors (Lipinski definition) is 1. The highest BCUT2D eigenvalue weighted by molar-refractivity contribution is 8.13. The lowest BCUT2D eigenvalue weighted by Gasteiger charge is -2.22. The van der Waals surface area contributed by atoms with E-state index in [1.165, 1.54) is 11.8 Å². The Hall–Kier alpha value is -0.710. The molecule has 0 aliphatic heterocycles. The van der Waals surface area contributed by atoms with Crippen LogP contribution in [0.4, 0.5) is 4.79 Å². The van der Waals surface area contributed by atoms with Gasteiger partial charge in [0.05, 0.1) is 12.0 Å². The summed E-state index contributed by atoms with van der Waals surface area (Å²) >= 11 is 1.35. The highest BCUT2D eigenvalue weighted by Gasteiger charge is 2.28. The predicted molar refractivity (Wildman–Crippen MR) is 75.7 cm³/mol. The normalized spacial score (nSPS) is 11.4. The molecule has 0 aliphatic rings. The third-order valence-electron chi connectivity index (χ3n) is 2.43. The van der Waals surface area contributed by atoms with Crippen LogP contribution in [0, 0.1) is 11.3 Å². The van der Waals surface area contributed by atoms with Crippen LogP contribution in [0.15, 0.2) is 0 Å². The zero-order chi connectivity index (χ0) is 14.2. The lowest BCUT2D eigenvalue weighted by Crippen LogP contribution is -2.38. The summed E-state index contributed by atoms with van der Waals surface area (Å²) in [5, 5.41) is 2.72. The molecule has 106 valence electrons. The van der Waals surface area contributed by atoms with Crippen molar-refractivity contribution in [3.05, 3.63) is 0 Å². The zero-order valence-electron chi connectivity index (χ0n) is 12.0. The van der Waals surface area contributed by atoms with Gasteiger partial charge in [0, 0.05) is 12.3 Å². The number of nitrogens with one attached hydrogen (secondary N) is 1. The summed E-state index contributed by atoms with van der Waals surface area (Å²) < 4.78 is 4.76. The minimum Gasteiger partial charge on any atom is -0.450 e. The van der Waals surface area contributed by atoms with Crippen LogP contribution >= 0.6 is 11.8 Å². The Bertz CT molecular complexity index is 277. The first kappa shape index (κ1) is 17.3. The molecule has 0 saturated carbocycles. The zero-order valence-corrected chi connectivity index (χ0v) is 12.9. The Kier molecular flexibility index (Phi) is 8.07. The van der Waals surface area contributed by atoms with E-state index < -0.39 is 11.5 Å². The van der Waals surface area contributed by atoms with E-state index in [0.29, 0.717) is 19.1 Å². The first-order valence-electron chi connectivity index (χ1n) is 6.37. The van der Waals surface area contributed by atoms with Gasteiger partial charge in [0.2, 0.25) is 0 Å². The molecular weight excluding hydrogens is 250 g/mol. The maximum absolute atomic E-state index is 12.0. The average molecular weight is 275 g/mol. The van der Waals surface area contributed by atoms with E-state index in [4.69, 9.17) is 4.74 Å². The molecular formula is C13H25NO3S. The molecule has 0 unspecified atom stereocenters. The Labute approximate surface area is 114 Å². The minimum atomic E-state index is -0.561. The number of ether oxygens (including phenoxy) is 1. The maximum Gasteiger partial charge on any atom is 0.407 e. The third kappa shape index (κ3) is 7.58. The molecule has 0 spiro atoms. The topological polar surface area (TPSA) is 55.4 Å². The maximum atomic E-state index is 12.0. The van der Waals surface area contributed by atoms with Gasteiger partial charge in [-0.15, -0.1) is 0 Å². The average Bonchev–Trinajstić information content (AvgIpc) is 2.26.